The van der Waals surface area contributed by atoms with E-state index in [9.17, 15) is 14.9 Å². The minimum absolute atomic E-state index is 0.107. The summed E-state index contributed by atoms with van der Waals surface area (Å²) in [6.07, 6.45) is 3.09. The second-order valence-corrected chi connectivity index (χ2v) is 9.32. The van der Waals surface area contributed by atoms with E-state index in [0.717, 1.165) is 16.9 Å². The Bertz CT molecular complexity index is 1790. The van der Waals surface area contributed by atoms with Crippen LogP contribution in [-0.4, -0.2) is 10.5 Å². The number of aromatic nitrogens is 1. The van der Waals surface area contributed by atoms with Crippen molar-refractivity contribution in [3.63, 3.8) is 0 Å². The highest BCUT2D eigenvalue weighted by Crippen LogP contribution is 2.25. The maximum atomic E-state index is 13.5. The zero-order valence-corrected chi connectivity index (χ0v) is 20.8. The molecule has 37 heavy (non-hydrogen) atoms. The lowest BCUT2D eigenvalue weighted by Crippen LogP contribution is -2.33. The smallest absolute Gasteiger partial charge is 0.273 e. The molecule has 2 aromatic carbocycles. The van der Waals surface area contributed by atoms with Gasteiger partial charge in [0.2, 0.25) is 0 Å². The molecule has 0 saturated carbocycles. The zero-order chi connectivity index (χ0) is 25.8. The molecule has 0 radical (unpaired) electrons. The topological polar surface area (TPSA) is 101 Å². The summed E-state index contributed by atoms with van der Waals surface area (Å²) < 4.78 is 13.1. The van der Waals surface area contributed by atoms with Gasteiger partial charge in [0, 0.05) is 16.7 Å². The van der Waals surface area contributed by atoms with Crippen molar-refractivity contribution in [1.82, 2.24) is 9.88 Å². The third-order valence-corrected chi connectivity index (χ3v) is 6.73. The summed E-state index contributed by atoms with van der Waals surface area (Å²) in [5.74, 6) is 0.966. The van der Waals surface area contributed by atoms with Crippen molar-refractivity contribution in [3.8, 4) is 23.1 Å². The van der Waals surface area contributed by atoms with Crippen molar-refractivity contribution in [2.24, 2.45) is 0 Å². The standard InChI is InChI=1S/C28H18ClN3O4S/c29-19-7-4-6-18(14-19)24-12-11-21(36-24)15-25-27(34)32(20-8-2-1-3-9-20)28(37-25)23(16-30)26(33)31-17-22-10-5-13-35-22/h1-15H,17H2,(H,31,33). The summed E-state index contributed by atoms with van der Waals surface area (Å²) >= 11 is 7.13. The lowest BCUT2D eigenvalue weighted by Gasteiger charge is -2.04. The van der Waals surface area contributed by atoms with E-state index in [1.54, 1.807) is 66.7 Å². The molecular formula is C28H18ClN3O4S. The Morgan fingerprint density at radius 3 is 2.65 bits per heavy atom. The van der Waals surface area contributed by atoms with Gasteiger partial charge in [0.15, 0.2) is 5.57 Å². The predicted molar refractivity (Wildman–Crippen MR) is 141 cm³/mol. The number of carbonyl (C=O) groups excluding carboxylic acids is 1. The SMILES string of the molecule is N#CC(C(=O)NCc1ccco1)=c1sc(=Cc2ccc(-c3cccc(Cl)c3)o2)c(=O)n1-c1ccccc1. The first-order valence-electron chi connectivity index (χ1n) is 11.1. The molecule has 0 unspecified atom stereocenters. The number of benzene rings is 2. The van der Waals surface area contributed by atoms with Crippen molar-refractivity contribution < 1.29 is 13.6 Å². The van der Waals surface area contributed by atoms with Gasteiger partial charge in [-0.05, 0) is 48.5 Å². The first kappa shape index (κ1) is 24.1. The lowest BCUT2D eigenvalue weighted by molar-refractivity contribution is -0.115. The van der Waals surface area contributed by atoms with Crippen molar-refractivity contribution >= 4 is 40.5 Å². The molecule has 5 rings (SSSR count). The summed E-state index contributed by atoms with van der Waals surface area (Å²) in [7, 11) is 0. The molecule has 0 fully saturated rings. The van der Waals surface area contributed by atoms with E-state index in [1.165, 1.54) is 10.8 Å². The number of furan rings is 2. The summed E-state index contributed by atoms with van der Waals surface area (Å²) in [6, 6.07) is 25.0. The molecule has 3 heterocycles. The fraction of sp³-hybridized carbons (Fsp3) is 0.0357. The number of halogens is 1. The average Bonchev–Trinajstić information content (AvgIpc) is 3.66. The maximum Gasteiger partial charge on any atom is 0.273 e. The van der Waals surface area contributed by atoms with Gasteiger partial charge in [-0.1, -0.05) is 41.9 Å². The summed E-state index contributed by atoms with van der Waals surface area (Å²) in [6.45, 7) is 0.107. The van der Waals surface area contributed by atoms with E-state index in [4.69, 9.17) is 20.4 Å². The van der Waals surface area contributed by atoms with Gasteiger partial charge in [-0.25, -0.2) is 0 Å². The van der Waals surface area contributed by atoms with Crippen LogP contribution in [0.5, 0.6) is 0 Å². The van der Waals surface area contributed by atoms with Crippen LogP contribution in [-0.2, 0) is 11.3 Å². The third kappa shape index (κ3) is 5.19. The zero-order valence-electron chi connectivity index (χ0n) is 19.2. The first-order chi connectivity index (χ1) is 18.0. The molecule has 0 spiro atoms. The minimum atomic E-state index is -0.613. The molecule has 7 nitrogen and oxygen atoms in total. The van der Waals surface area contributed by atoms with Crippen LogP contribution in [0.1, 0.15) is 11.5 Å². The van der Waals surface area contributed by atoms with Gasteiger partial charge in [-0.2, -0.15) is 5.26 Å². The summed E-state index contributed by atoms with van der Waals surface area (Å²) in [5.41, 5.74) is 0.771. The number of carbonyl (C=O) groups is 1. The third-order valence-electron chi connectivity index (χ3n) is 5.40. The van der Waals surface area contributed by atoms with Gasteiger partial charge in [0.25, 0.3) is 11.5 Å². The van der Waals surface area contributed by atoms with Crippen LogP contribution in [0.2, 0.25) is 5.02 Å². The van der Waals surface area contributed by atoms with E-state index in [1.807, 2.05) is 24.3 Å². The van der Waals surface area contributed by atoms with Gasteiger partial charge in [-0.15, -0.1) is 11.3 Å². The molecular weight excluding hydrogens is 510 g/mol. The van der Waals surface area contributed by atoms with Gasteiger partial charge in [0.05, 0.1) is 23.0 Å². The van der Waals surface area contributed by atoms with Gasteiger partial charge < -0.3 is 14.2 Å². The van der Waals surface area contributed by atoms with Crippen LogP contribution >= 0.6 is 22.9 Å². The number of thiazole rings is 1. The quantitative estimate of drug-likeness (QED) is 0.356. The molecule has 3 aromatic heterocycles. The Kier molecular flexibility index (Phi) is 6.90. The summed E-state index contributed by atoms with van der Waals surface area (Å²) in [5, 5.41) is 13.2. The molecule has 0 aliphatic heterocycles. The molecule has 0 aliphatic carbocycles. The van der Waals surface area contributed by atoms with Crippen LogP contribution in [0.15, 0.2) is 98.8 Å². The Labute approximate surface area is 219 Å². The molecule has 1 N–H and O–H groups in total. The van der Waals surface area contributed by atoms with Crippen LogP contribution in [0.25, 0.3) is 28.7 Å². The molecule has 0 aliphatic rings. The van der Waals surface area contributed by atoms with E-state index < -0.39 is 5.91 Å². The number of amides is 1. The molecule has 1 amide bonds. The van der Waals surface area contributed by atoms with Crippen LogP contribution in [0.3, 0.4) is 0 Å². The number of nitrogens with zero attached hydrogens (tertiary/aromatic N) is 2. The average molecular weight is 528 g/mol. The number of para-hydroxylation sites is 1. The highest BCUT2D eigenvalue weighted by Gasteiger charge is 2.17. The molecule has 182 valence electrons. The van der Waals surface area contributed by atoms with Gasteiger partial charge in [-0.3, -0.25) is 14.2 Å². The van der Waals surface area contributed by atoms with E-state index in [-0.39, 0.29) is 22.3 Å². The van der Waals surface area contributed by atoms with Crippen molar-refractivity contribution in [2.75, 3.05) is 0 Å². The Morgan fingerprint density at radius 1 is 1.08 bits per heavy atom. The Balaban J connectivity index is 1.62. The second kappa shape index (κ2) is 10.6. The van der Waals surface area contributed by atoms with E-state index in [2.05, 4.69) is 5.32 Å². The number of hydrogen-bond donors (Lipinski definition) is 1. The minimum Gasteiger partial charge on any atom is -0.467 e. The molecule has 0 saturated heterocycles. The fourth-order valence-electron chi connectivity index (χ4n) is 3.68. The predicted octanol–water partition coefficient (Wildman–Crippen LogP) is 4.22. The Hall–Kier alpha value is -4.58. The maximum absolute atomic E-state index is 13.5. The molecule has 0 bridgehead atoms. The number of hydrogen-bond acceptors (Lipinski definition) is 6. The monoisotopic (exact) mass is 527 g/mol. The first-order valence-corrected chi connectivity index (χ1v) is 12.3. The number of nitrogens with one attached hydrogen (secondary N) is 1. The van der Waals surface area contributed by atoms with Gasteiger partial charge >= 0.3 is 0 Å². The van der Waals surface area contributed by atoms with E-state index >= 15 is 0 Å². The van der Waals surface area contributed by atoms with E-state index in [0.29, 0.717) is 32.5 Å². The van der Waals surface area contributed by atoms with Crippen molar-refractivity contribution in [3.05, 3.63) is 121 Å². The lowest BCUT2D eigenvalue weighted by atomic mass is 10.2. The number of rotatable bonds is 6. The normalized spacial score (nSPS) is 12.3. The molecule has 0 atom stereocenters. The summed E-state index contributed by atoms with van der Waals surface area (Å²) in [4.78, 5) is 26.5. The highest BCUT2D eigenvalue weighted by molar-refractivity contribution is 7.07. The number of nitriles is 1. The largest absolute Gasteiger partial charge is 0.467 e. The second-order valence-electron chi connectivity index (χ2n) is 7.85. The van der Waals surface area contributed by atoms with Crippen LogP contribution in [0, 0.1) is 11.3 Å². The van der Waals surface area contributed by atoms with Crippen LogP contribution < -0.4 is 20.1 Å². The Morgan fingerprint density at radius 2 is 1.92 bits per heavy atom. The molecule has 5 aromatic rings. The molecule has 9 heteroatoms. The van der Waals surface area contributed by atoms with Crippen LogP contribution in [0.4, 0.5) is 0 Å². The van der Waals surface area contributed by atoms with Crippen molar-refractivity contribution in [1.29, 1.82) is 5.26 Å². The van der Waals surface area contributed by atoms with Gasteiger partial charge in [0.1, 0.15) is 28.0 Å². The van der Waals surface area contributed by atoms with Crippen molar-refractivity contribution in [2.45, 2.75) is 6.54 Å². The fourth-order valence-corrected chi connectivity index (χ4v) is 4.95. The highest BCUT2D eigenvalue weighted by atomic mass is 35.5.